The summed E-state index contributed by atoms with van der Waals surface area (Å²) in [5.41, 5.74) is 4.60. The first-order valence-corrected chi connectivity index (χ1v) is 9.84. The number of aromatic amines is 1. The first kappa shape index (κ1) is 18.4. The summed E-state index contributed by atoms with van der Waals surface area (Å²) < 4.78 is 11.0. The molecule has 1 aliphatic heterocycles. The molecule has 0 saturated heterocycles. The van der Waals surface area contributed by atoms with Crippen molar-refractivity contribution in [3.8, 4) is 11.5 Å². The highest BCUT2D eigenvalue weighted by Gasteiger charge is 2.24. The largest absolute Gasteiger partial charge is 0.454 e. The van der Waals surface area contributed by atoms with Gasteiger partial charge in [0.05, 0.1) is 0 Å². The normalized spacial score (nSPS) is 13.9. The van der Waals surface area contributed by atoms with E-state index in [0.717, 1.165) is 34.6 Å². The van der Waals surface area contributed by atoms with Crippen LogP contribution in [0.4, 0.5) is 0 Å². The maximum atomic E-state index is 12.6. The molecule has 2 N–H and O–H groups in total. The van der Waals surface area contributed by atoms with Gasteiger partial charge in [0, 0.05) is 35.5 Å². The molecule has 28 heavy (non-hydrogen) atoms. The molecule has 2 aromatic carbocycles. The molecule has 3 aromatic rings. The Balaban J connectivity index is 1.78. The number of para-hydroxylation sites is 1. The average Bonchev–Trinajstić information content (AvgIpc) is 3.31. The number of benzene rings is 2. The van der Waals surface area contributed by atoms with Crippen molar-refractivity contribution in [2.75, 3.05) is 6.79 Å². The predicted molar refractivity (Wildman–Crippen MR) is 110 cm³/mol. The zero-order chi connectivity index (χ0) is 19.7. The van der Waals surface area contributed by atoms with Gasteiger partial charge in [-0.25, -0.2) is 0 Å². The van der Waals surface area contributed by atoms with E-state index in [2.05, 4.69) is 35.4 Å². The number of H-pyrrole nitrogens is 1. The van der Waals surface area contributed by atoms with Crippen LogP contribution in [-0.4, -0.2) is 23.7 Å². The van der Waals surface area contributed by atoms with E-state index in [1.54, 1.807) is 0 Å². The van der Waals surface area contributed by atoms with Crippen LogP contribution in [0, 0.1) is 0 Å². The molecule has 146 valence electrons. The summed E-state index contributed by atoms with van der Waals surface area (Å²) in [7, 11) is 0. The molecular weight excluding hydrogens is 352 g/mol. The molecule has 5 heteroatoms. The second-order valence-corrected chi connectivity index (χ2v) is 7.53. The number of fused-ring (bicyclic) bond motifs is 2. The van der Waals surface area contributed by atoms with E-state index < -0.39 is 0 Å². The minimum absolute atomic E-state index is 0.0404. The molecule has 1 aliphatic rings. The van der Waals surface area contributed by atoms with E-state index in [9.17, 15) is 4.79 Å². The molecule has 1 amide bonds. The molecule has 0 spiro atoms. The first-order valence-electron chi connectivity index (χ1n) is 9.84. The summed E-state index contributed by atoms with van der Waals surface area (Å²) in [6, 6.07) is 12.4. The van der Waals surface area contributed by atoms with Crippen LogP contribution in [0.5, 0.6) is 11.5 Å². The van der Waals surface area contributed by atoms with Crippen molar-refractivity contribution in [2.45, 2.75) is 45.6 Å². The number of rotatable bonds is 6. The number of hydrogen-bond acceptors (Lipinski definition) is 3. The third-order valence-electron chi connectivity index (χ3n) is 5.23. The fourth-order valence-corrected chi connectivity index (χ4v) is 3.93. The average molecular weight is 378 g/mol. The molecule has 2 heterocycles. The fourth-order valence-electron chi connectivity index (χ4n) is 3.93. The van der Waals surface area contributed by atoms with Crippen LogP contribution in [0.15, 0.2) is 42.6 Å². The summed E-state index contributed by atoms with van der Waals surface area (Å²) in [6.45, 7) is 6.35. The smallest absolute Gasteiger partial charge is 0.231 e. The highest BCUT2D eigenvalue weighted by atomic mass is 16.7. The number of aromatic nitrogens is 1. The Labute approximate surface area is 165 Å². The van der Waals surface area contributed by atoms with Gasteiger partial charge in [-0.1, -0.05) is 31.2 Å². The van der Waals surface area contributed by atoms with Crippen molar-refractivity contribution in [3.63, 3.8) is 0 Å². The molecule has 0 aliphatic carbocycles. The maximum Gasteiger partial charge on any atom is 0.231 e. The lowest BCUT2D eigenvalue weighted by atomic mass is 9.87. The Hall–Kier alpha value is -2.95. The molecule has 0 unspecified atom stereocenters. The van der Waals surface area contributed by atoms with Crippen molar-refractivity contribution >= 4 is 16.8 Å². The quantitative estimate of drug-likeness (QED) is 0.664. The number of amides is 1. The number of carbonyl (C=O) groups excluding carboxylic acids is 1. The molecule has 1 atom stereocenters. The highest BCUT2D eigenvalue weighted by Crippen LogP contribution is 2.39. The Morgan fingerprint density at radius 2 is 2.00 bits per heavy atom. The minimum Gasteiger partial charge on any atom is -0.454 e. The van der Waals surface area contributed by atoms with E-state index in [1.165, 1.54) is 10.9 Å². The Morgan fingerprint density at radius 1 is 1.18 bits per heavy atom. The van der Waals surface area contributed by atoms with E-state index in [1.807, 2.05) is 38.2 Å². The zero-order valence-electron chi connectivity index (χ0n) is 16.5. The topological polar surface area (TPSA) is 63.4 Å². The van der Waals surface area contributed by atoms with E-state index >= 15 is 0 Å². The van der Waals surface area contributed by atoms with Gasteiger partial charge in [-0.05, 0) is 49.1 Å². The van der Waals surface area contributed by atoms with Crippen molar-refractivity contribution in [3.05, 3.63) is 59.3 Å². The molecule has 0 saturated carbocycles. The Bertz CT molecular complexity index is 1010. The third kappa shape index (κ3) is 3.44. The van der Waals surface area contributed by atoms with Crippen molar-refractivity contribution in [1.82, 2.24) is 10.3 Å². The van der Waals surface area contributed by atoms with Crippen LogP contribution in [0.3, 0.4) is 0 Å². The van der Waals surface area contributed by atoms with Gasteiger partial charge in [0.15, 0.2) is 11.5 Å². The number of hydrogen-bond donors (Lipinski definition) is 2. The molecule has 0 bridgehead atoms. The van der Waals surface area contributed by atoms with Gasteiger partial charge in [0.2, 0.25) is 12.7 Å². The SMILES string of the molecule is CCc1cccc2c([C@@H](CC(=O)NC(C)C)c3ccc4c(c3)OCO4)c[nH]c12. The van der Waals surface area contributed by atoms with Crippen LogP contribution in [0.2, 0.25) is 0 Å². The second kappa shape index (κ2) is 7.58. The summed E-state index contributed by atoms with van der Waals surface area (Å²) in [4.78, 5) is 16.1. The minimum atomic E-state index is -0.0749. The molecule has 0 radical (unpaired) electrons. The first-order chi connectivity index (χ1) is 13.6. The van der Waals surface area contributed by atoms with Crippen LogP contribution in [-0.2, 0) is 11.2 Å². The fraction of sp³-hybridized carbons (Fsp3) is 0.348. The summed E-state index contributed by atoms with van der Waals surface area (Å²) >= 11 is 0. The van der Waals surface area contributed by atoms with Crippen LogP contribution < -0.4 is 14.8 Å². The maximum absolute atomic E-state index is 12.6. The van der Waals surface area contributed by atoms with Gasteiger partial charge >= 0.3 is 0 Å². The van der Waals surface area contributed by atoms with Gasteiger partial charge in [-0.3, -0.25) is 4.79 Å². The lowest BCUT2D eigenvalue weighted by molar-refractivity contribution is -0.121. The monoisotopic (exact) mass is 378 g/mol. The van der Waals surface area contributed by atoms with Crippen LogP contribution in [0.1, 0.15) is 49.8 Å². The van der Waals surface area contributed by atoms with Crippen LogP contribution >= 0.6 is 0 Å². The zero-order valence-corrected chi connectivity index (χ0v) is 16.5. The Kier molecular flexibility index (Phi) is 4.99. The van der Waals surface area contributed by atoms with Gasteiger partial charge in [-0.15, -0.1) is 0 Å². The third-order valence-corrected chi connectivity index (χ3v) is 5.23. The number of carbonyl (C=O) groups is 1. The van der Waals surface area contributed by atoms with Crippen LogP contribution in [0.25, 0.3) is 10.9 Å². The lowest BCUT2D eigenvalue weighted by Gasteiger charge is -2.19. The number of ether oxygens (including phenoxy) is 2. The van der Waals surface area contributed by atoms with E-state index in [-0.39, 0.29) is 24.7 Å². The molecule has 5 nitrogen and oxygen atoms in total. The van der Waals surface area contributed by atoms with Crippen molar-refractivity contribution in [2.24, 2.45) is 0 Å². The second-order valence-electron chi connectivity index (χ2n) is 7.53. The number of nitrogens with one attached hydrogen (secondary N) is 2. The van der Waals surface area contributed by atoms with Gasteiger partial charge in [-0.2, -0.15) is 0 Å². The van der Waals surface area contributed by atoms with Crippen molar-refractivity contribution < 1.29 is 14.3 Å². The highest BCUT2D eigenvalue weighted by molar-refractivity contribution is 5.88. The van der Waals surface area contributed by atoms with Gasteiger partial charge < -0.3 is 19.8 Å². The number of aryl methyl sites for hydroxylation is 1. The molecule has 4 rings (SSSR count). The summed E-state index contributed by atoms with van der Waals surface area (Å²) in [6.07, 6.45) is 3.38. The van der Waals surface area contributed by atoms with Crippen molar-refractivity contribution in [1.29, 1.82) is 0 Å². The summed E-state index contributed by atoms with van der Waals surface area (Å²) in [5.74, 6) is 1.45. The van der Waals surface area contributed by atoms with Gasteiger partial charge in [0.1, 0.15) is 0 Å². The Morgan fingerprint density at radius 3 is 2.79 bits per heavy atom. The molecule has 0 fully saturated rings. The van der Waals surface area contributed by atoms with E-state index in [0.29, 0.717) is 6.42 Å². The lowest BCUT2D eigenvalue weighted by Crippen LogP contribution is -2.31. The molecule has 1 aromatic heterocycles. The van der Waals surface area contributed by atoms with Gasteiger partial charge in [0.25, 0.3) is 0 Å². The summed E-state index contributed by atoms with van der Waals surface area (Å²) in [5, 5.41) is 4.19. The van der Waals surface area contributed by atoms with E-state index in [4.69, 9.17) is 9.47 Å². The standard InChI is InChI=1S/C23H26N2O3/c1-4-15-6-5-7-17-19(12-24-23(15)17)18(11-22(26)25-14(2)3)16-8-9-20-21(10-16)28-13-27-20/h5-10,12,14,18,24H,4,11,13H2,1-3H3,(H,25,26)/t18-/m0/s1. The predicted octanol–water partition coefficient (Wildman–Crippen LogP) is 4.51. The molecular formula is C23H26N2O3.